The molecule has 0 spiro atoms. The van der Waals surface area contributed by atoms with Gasteiger partial charge in [-0.2, -0.15) is 0 Å². The van der Waals surface area contributed by atoms with Gasteiger partial charge in [0.1, 0.15) is 10.6 Å². The van der Waals surface area contributed by atoms with E-state index >= 15 is 0 Å². The number of rotatable bonds is 3. The Morgan fingerprint density at radius 3 is 2.78 bits per heavy atom. The van der Waals surface area contributed by atoms with E-state index < -0.39 is 0 Å². The molecule has 0 aliphatic carbocycles. The van der Waals surface area contributed by atoms with Crippen LogP contribution < -0.4 is 16.2 Å². The summed E-state index contributed by atoms with van der Waals surface area (Å²) in [5, 5.41) is 4.51. The molecule has 2 aromatic heterocycles. The number of halogens is 1. The minimum atomic E-state index is -0.335. The molecule has 0 radical (unpaired) electrons. The number of benzene rings is 1. The predicted molar refractivity (Wildman–Crippen MR) is 95.6 cm³/mol. The maximum atomic E-state index is 12.2. The Labute approximate surface area is 146 Å². The van der Waals surface area contributed by atoms with Crippen LogP contribution in [-0.4, -0.2) is 11.0 Å². The van der Waals surface area contributed by atoms with Gasteiger partial charge in [0.15, 0.2) is 5.11 Å². The molecule has 0 saturated carbocycles. The Hall–Kier alpha value is -2.09. The Bertz CT molecular complexity index is 846. The van der Waals surface area contributed by atoms with E-state index in [2.05, 4.69) is 16.2 Å². The molecule has 23 heavy (non-hydrogen) atoms. The van der Waals surface area contributed by atoms with Crippen molar-refractivity contribution in [2.24, 2.45) is 0 Å². The summed E-state index contributed by atoms with van der Waals surface area (Å²) in [6.07, 6.45) is 1.58. The van der Waals surface area contributed by atoms with Gasteiger partial charge in [-0.1, -0.05) is 29.8 Å². The number of hydrogen-bond donors (Lipinski definition) is 3. The van der Waals surface area contributed by atoms with Gasteiger partial charge in [-0.15, -0.1) is 11.3 Å². The molecular weight excluding hydrogens is 354 g/mol. The lowest BCUT2D eigenvalue weighted by Crippen LogP contribution is -2.46. The number of nitrogens with one attached hydrogen (secondary N) is 3. The first kappa shape index (κ1) is 15.8. The third kappa shape index (κ3) is 3.64. The summed E-state index contributed by atoms with van der Waals surface area (Å²) in [6.45, 7) is 0.429. The highest BCUT2D eigenvalue weighted by molar-refractivity contribution is 7.80. The summed E-state index contributed by atoms with van der Waals surface area (Å²) in [7, 11) is 0. The van der Waals surface area contributed by atoms with Gasteiger partial charge in [-0.05, 0) is 30.4 Å². The number of thiophene rings is 1. The Kier molecular flexibility index (Phi) is 4.80. The van der Waals surface area contributed by atoms with Crippen LogP contribution in [-0.2, 0) is 6.54 Å². The summed E-state index contributed by atoms with van der Waals surface area (Å²) < 4.78 is 6.13. The van der Waals surface area contributed by atoms with Gasteiger partial charge < -0.3 is 9.73 Å². The number of carbonyl (C=O) groups is 1. The molecule has 1 aromatic carbocycles. The van der Waals surface area contributed by atoms with Crippen LogP contribution in [0.4, 0.5) is 0 Å². The van der Waals surface area contributed by atoms with Crippen molar-refractivity contribution in [3.63, 3.8) is 0 Å². The van der Waals surface area contributed by atoms with Gasteiger partial charge in [-0.25, -0.2) is 0 Å². The third-order valence-electron chi connectivity index (χ3n) is 3.03. The summed E-state index contributed by atoms with van der Waals surface area (Å²) in [6, 6.07) is 11.2. The highest BCUT2D eigenvalue weighted by Crippen LogP contribution is 2.34. The molecule has 118 valence electrons. The lowest BCUT2D eigenvalue weighted by atomic mass is 10.2. The molecule has 0 aliphatic heterocycles. The maximum Gasteiger partial charge on any atom is 0.281 e. The van der Waals surface area contributed by atoms with Gasteiger partial charge in [0, 0.05) is 10.1 Å². The second-order valence-corrected chi connectivity index (χ2v) is 6.42. The Morgan fingerprint density at radius 2 is 2.04 bits per heavy atom. The summed E-state index contributed by atoms with van der Waals surface area (Å²) in [5.74, 6) is 0.409. The van der Waals surface area contributed by atoms with Gasteiger partial charge in [0.05, 0.1) is 17.8 Å². The van der Waals surface area contributed by atoms with E-state index in [9.17, 15) is 4.79 Å². The van der Waals surface area contributed by atoms with Crippen LogP contribution >= 0.6 is 35.2 Å². The monoisotopic (exact) mass is 365 g/mol. The molecule has 3 N–H and O–H groups in total. The molecule has 8 heteroatoms. The molecule has 0 bridgehead atoms. The SMILES string of the molecule is O=C(NNC(=S)NCc1ccco1)c1sc2ccccc2c1Cl. The molecule has 0 atom stereocenters. The van der Waals surface area contributed by atoms with Gasteiger partial charge in [-0.3, -0.25) is 15.6 Å². The zero-order chi connectivity index (χ0) is 16.2. The fraction of sp³-hybridized carbons (Fsp3) is 0.0667. The van der Waals surface area contributed by atoms with Crippen LogP contribution in [0.3, 0.4) is 0 Å². The maximum absolute atomic E-state index is 12.2. The first-order valence-corrected chi connectivity index (χ1v) is 8.29. The summed E-state index contributed by atoms with van der Waals surface area (Å²) in [5.41, 5.74) is 5.18. The van der Waals surface area contributed by atoms with Crippen molar-refractivity contribution < 1.29 is 9.21 Å². The minimum Gasteiger partial charge on any atom is -0.467 e. The second-order valence-electron chi connectivity index (χ2n) is 4.58. The first-order valence-electron chi connectivity index (χ1n) is 6.69. The summed E-state index contributed by atoms with van der Waals surface area (Å²) in [4.78, 5) is 12.7. The average molecular weight is 366 g/mol. The average Bonchev–Trinajstić information content (AvgIpc) is 3.19. The zero-order valence-corrected chi connectivity index (χ0v) is 14.1. The van der Waals surface area contributed by atoms with Crippen LogP contribution in [0.5, 0.6) is 0 Å². The van der Waals surface area contributed by atoms with Crippen molar-refractivity contribution in [1.82, 2.24) is 16.2 Å². The Morgan fingerprint density at radius 1 is 1.22 bits per heavy atom. The third-order valence-corrected chi connectivity index (χ3v) is 4.95. The van der Waals surface area contributed by atoms with Crippen molar-refractivity contribution >= 4 is 56.3 Å². The number of hydrogen-bond acceptors (Lipinski definition) is 4. The van der Waals surface area contributed by atoms with E-state index in [4.69, 9.17) is 28.2 Å². The van der Waals surface area contributed by atoms with E-state index in [-0.39, 0.29) is 11.0 Å². The van der Waals surface area contributed by atoms with Crippen molar-refractivity contribution in [3.05, 3.63) is 58.3 Å². The number of fused-ring (bicyclic) bond motifs is 1. The molecule has 0 fully saturated rings. The van der Waals surface area contributed by atoms with E-state index in [0.29, 0.717) is 16.4 Å². The lowest BCUT2D eigenvalue weighted by molar-refractivity contribution is 0.0948. The van der Waals surface area contributed by atoms with E-state index in [1.165, 1.54) is 11.3 Å². The van der Waals surface area contributed by atoms with Crippen molar-refractivity contribution in [2.75, 3.05) is 0 Å². The van der Waals surface area contributed by atoms with Crippen molar-refractivity contribution in [3.8, 4) is 0 Å². The quantitative estimate of drug-likeness (QED) is 0.490. The van der Waals surface area contributed by atoms with E-state index in [1.54, 1.807) is 12.3 Å². The Balaban J connectivity index is 1.58. The standard InChI is InChI=1S/C15H12ClN3O2S2/c16-12-10-5-1-2-6-11(10)23-13(12)14(20)18-19-15(22)17-8-9-4-3-7-21-9/h1-7H,8H2,(H,18,20)(H2,17,19,22). The largest absolute Gasteiger partial charge is 0.467 e. The van der Waals surface area contributed by atoms with E-state index in [1.807, 2.05) is 30.3 Å². The number of thiocarbonyl (C=S) groups is 1. The molecular formula is C15H12ClN3O2S2. The second kappa shape index (κ2) is 6.99. The molecule has 1 amide bonds. The van der Waals surface area contributed by atoms with Gasteiger partial charge >= 0.3 is 0 Å². The van der Waals surface area contributed by atoms with Crippen molar-refractivity contribution in [2.45, 2.75) is 6.54 Å². The lowest BCUT2D eigenvalue weighted by Gasteiger charge is -2.10. The van der Waals surface area contributed by atoms with Gasteiger partial charge in [0.2, 0.25) is 0 Å². The van der Waals surface area contributed by atoms with Gasteiger partial charge in [0.25, 0.3) is 5.91 Å². The van der Waals surface area contributed by atoms with Crippen LogP contribution in [0.1, 0.15) is 15.4 Å². The van der Waals surface area contributed by atoms with Crippen LogP contribution in [0.25, 0.3) is 10.1 Å². The first-order chi connectivity index (χ1) is 11.1. The van der Waals surface area contributed by atoms with Crippen LogP contribution in [0, 0.1) is 0 Å². The number of carbonyl (C=O) groups excluding carboxylic acids is 1. The van der Waals surface area contributed by atoms with Crippen LogP contribution in [0.2, 0.25) is 5.02 Å². The van der Waals surface area contributed by atoms with E-state index in [0.717, 1.165) is 15.8 Å². The van der Waals surface area contributed by atoms with Crippen LogP contribution in [0.15, 0.2) is 47.1 Å². The van der Waals surface area contributed by atoms with Crippen molar-refractivity contribution in [1.29, 1.82) is 0 Å². The molecule has 3 rings (SSSR count). The highest BCUT2D eigenvalue weighted by Gasteiger charge is 2.16. The molecule has 3 aromatic rings. The topological polar surface area (TPSA) is 66.3 Å². The fourth-order valence-electron chi connectivity index (χ4n) is 1.96. The minimum absolute atomic E-state index is 0.284. The molecule has 5 nitrogen and oxygen atoms in total. The predicted octanol–water partition coefficient (Wildman–Crippen LogP) is 3.46. The molecule has 0 saturated heterocycles. The smallest absolute Gasteiger partial charge is 0.281 e. The number of amides is 1. The molecule has 2 heterocycles. The molecule has 0 aliphatic rings. The highest BCUT2D eigenvalue weighted by atomic mass is 35.5. The normalized spacial score (nSPS) is 10.5. The molecule has 0 unspecified atom stereocenters. The fourth-order valence-corrected chi connectivity index (χ4v) is 3.49. The number of hydrazine groups is 1. The number of furan rings is 1. The zero-order valence-electron chi connectivity index (χ0n) is 11.8. The summed E-state index contributed by atoms with van der Waals surface area (Å²) >= 11 is 12.7.